The first kappa shape index (κ1) is 15.1. The van der Waals surface area contributed by atoms with Gasteiger partial charge in [-0.2, -0.15) is 13.2 Å². The van der Waals surface area contributed by atoms with Crippen LogP contribution < -0.4 is 4.90 Å². The molecule has 2 nitrogen and oxygen atoms in total. The molecule has 0 saturated carbocycles. The van der Waals surface area contributed by atoms with Gasteiger partial charge in [-0.05, 0) is 47.5 Å². The molecule has 0 unspecified atom stereocenters. The van der Waals surface area contributed by atoms with E-state index in [-0.39, 0.29) is 18.7 Å². The molecule has 20 heavy (non-hydrogen) atoms. The Morgan fingerprint density at radius 1 is 1.35 bits per heavy atom. The van der Waals surface area contributed by atoms with E-state index in [4.69, 9.17) is 0 Å². The van der Waals surface area contributed by atoms with E-state index in [1.165, 1.54) is 13.0 Å². The SMILES string of the molecule is CC(=O)c1ccc(N2CC=C(C(F)(F)F)CC2)cc1Br. The Labute approximate surface area is 123 Å². The number of anilines is 1. The molecule has 0 fully saturated rings. The second kappa shape index (κ2) is 5.60. The Kier molecular flexibility index (Phi) is 4.22. The fraction of sp³-hybridized carbons (Fsp3) is 0.357. The summed E-state index contributed by atoms with van der Waals surface area (Å²) in [7, 11) is 0. The Bertz CT molecular complexity index is 566. The summed E-state index contributed by atoms with van der Waals surface area (Å²) in [4.78, 5) is 13.2. The number of Topliss-reactive ketones (excluding diaryl/α,β-unsaturated/α-hetero) is 1. The van der Waals surface area contributed by atoms with Crippen molar-refractivity contribution in [1.82, 2.24) is 0 Å². The second-order valence-corrected chi connectivity index (χ2v) is 5.50. The van der Waals surface area contributed by atoms with Gasteiger partial charge in [-0.3, -0.25) is 4.79 Å². The molecule has 6 heteroatoms. The summed E-state index contributed by atoms with van der Waals surface area (Å²) in [5, 5.41) is 0. The Balaban J connectivity index is 2.17. The van der Waals surface area contributed by atoms with Crippen molar-refractivity contribution in [3.63, 3.8) is 0 Å². The molecule has 0 atom stereocenters. The van der Waals surface area contributed by atoms with E-state index in [9.17, 15) is 18.0 Å². The third-order valence-electron chi connectivity index (χ3n) is 3.27. The van der Waals surface area contributed by atoms with Crippen molar-refractivity contribution in [3.05, 3.63) is 39.9 Å². The highest BCUT2D eigenvalue weighted by molar-refractivity contribution is 9.10. The minimum Gasteiger partial charge on any atom is -0.367 e. The average Bonchev–Trinajstić information content (AvgIpc) is 2.37. The monoisotopic (exact) mass is 347 g/mol. The Hall–Kier alpha value is -1.30. The zero-order valence-corrected chi connectivity index (χ0v) is 12.4. The summed E-state index contributed by atoms with van der Waals surface area (Å²) >= 11 is 3.32. The fourth-order valence-corrected chi connectivity index (χ4v) is 2.79. The quantitative estimate of drug-likeness (QED) is 0.585. The number of benzene rings is 1. The van der Waals surface area contributed by atoms with Crippen molar-refractivity contribution in [2.45, 2.75) is 19.5 Å². The van der Waals surface area contributed by atoms with Crippen LogP contribution in [-0.4, -0.2) is 25.0 Å². The van der Waals surface area contributed by atoms with E-state index in [1.807, 2.05) is 4.90 Å². The van der Waals surface area contributed by atoms with Gasteiger partial charge in [-0.15, -0.1) is 0 Å². The van der Waals surface area contributed by atoms with Crippen molar-refractivity contribution in [2.24, 2.45) is 0 Å². The van der Waals surface area contributed by atoms with Gasteiger partial charge in [0.1, 0.15) is 0 Å². The number of halogens is 4. The van der Waals surface area contributed by atoms with E-state index in [2.05, 4.69) is 15.9 Å². The molecule has 2 rings (SSSR count). The maximum atomic E-state index is 12.5. The number of rotatable bonds is 2. The topological polar surface area (TPSA) is 20.3 Å². The Morgan fingerprint density at radius 3 is 2.50 bits per heavy atom. The van der Waals surface area contributed by atoms with Crippen molar-refractivity contribution < 1.29 is 18.0 Å². The molecule has 0 spiro atoms. The molecule has 108 valence electrons. The number of hydrogen-bond acceptors (Lipinski definition) is 2. The minimum atomic E-state index is -4.23. The Morgan fingerprint density at radius 2 is 2.05 bits per heavy atom. The van der Waals surface area contributed by atoms with Crippen LogP contribution >= 0.6 is 15.9 Å². The molecule has 0 aliphatic carbocycles. The van der Waals surface area contributed by atoms with Crippen LogP contribution in [0.2, 0.25) is 0 Å². The molecule has 1 aliphatic heterocycles. The van der Waals surface area contributed by atoms with Crippen molar-refractivity contribution in [2.75, 3.05) is 18.0 Å². The van der Waals surface area contributed by atoms with Crippen LogP contribution in [0.5, 0.6) is 0 Å². The fourth-order valence-electron chi connectivity index (χ4n) is 2.15. The van der Waals surface area contributed by atoms with Crippen LogP contribution in [0.1, 0.15) is 23.7 Å². The average molecular weight is 348 g/mol. The molecular weight excluding hydrogens is 335 g/mol. The highest BCUT2D eigenvalue weighted by Gasteiger charge is 2.34. The third-order valence-corrected chi connectivity index (χ3v) is 3.93. The first-order chi connectivity index (χ1) is 9.29. The molecule has 0 bridgehead atoms. The largest absolute Gasteiger partial charge is 0.412 e. The molecule has 0 saturated heterocycles. The molecule has 0 radical (unpaired) electrons. The van der Waals surface area contributed by atoms with Gasteiger partial charge in [0.25, 0.3) is 0 Å². The molecule has 0 aromatic heterocycles. The van der Waals surface area contributed by atoms with Gasteiger partial charge >= 0.3 is 6.18 Å². The molecule has 1 aliphatic rings. The van der Waals surface area contributed by atoms with Crippen molar-refractivity contribution in [3.8, 4) is 0 Å². The van der Waals surface area contributed by atoms with Gasteiger partial charge in [0, 0.05) is 34.4 Å². The molecule has 0 N–H and O–H groups in total. The summed E-state index contributed by atoms with van der Waals surface area (Å²) in [5.74, 6) is -0.0543. The number of carbonyl (C=O) groups is 1. The summed E-state index contributed by atoms with van der Waals surface area (Å²) in [5.41, 5.74) is 0.907. The molecular formula is C14H13BrF3NO. The normalized spacial score (nSPS) is 16.1. The number of alkyl halides is 3. The first-order valence-electron chi connectivity index (χ1n) is 6.10. The number of carbonyl (C=O) groups excluding carboxylic acids is 1. The standard InChI is InChI=1S/C14H13BrF3NO/c1-9(20)12-3-2-11(8-13(12)15)19-6-4-10(5-7-19)14(16,17)18/h2-4,8H,5-7H2,1H3. The van der Waals surface area contributed by atoms with Gasteiger partial charge in [0.05, 0.1) is 0 Å². The maximum absolute atomic E-state index is 12.5. The van der Waals surface area contributed by atoms with Gasteiger partial charge in [-0.25, -0.2) is 0 Å². The summed E-state index contributed by atoms with van der Waals surface area (Å²) in [6, 6.07) is 5.21. The van der Waals surface area contributed by atoms with E-state index in [0.717, 1.165) is 5.69 Å². The highest BCUT2D eigenvalue weighted by Crippen LogP contribution is 2.32. The smallest absolute Gasteiger partial charge is 0.367 e. The molecule has 1 aromatic rings. The van der Waals surface area contributed by atoms with E-state index in [1.54, 1.807) is 18.2 Å². The van der Waals surface area contributed by atoms with Gasteiger partial charge < -0.3 is 4.90 Å². The van der Waals surface area contributed by atoms with Gasteiger partial charge in [0.2, 0.25) is 0 Å². The second-order valence-electron chi connectivity index (χ2n) is 4.64. The van der Waals surface area contributed by atoms with Crippen molar-refractivity contribution >= 4 is 27.4 Å². The summed E-state index contributed by atoms with van der Waals surface area (Å²) < 4.78 is 38.3. The van der Waals surface area contributed by atoms with E-state index in [0.29, 0.717) is 16.6 Å². The summed E-state index contributed by atoms with van der Waals surface area (Å²) in [6.07, 6.45) is -3.03. The van der Waals surface area contributed by atoms with Crippen LogP contribution in [0.15, 0.2) is 34.3 Å². The predicted octanol–water partition coefficient (Wildman–Crippen LogP) is 4.35. The minimum absolute atomic E-state index is 0.0183. The molecule has 1 heterocycles. The first-order valence-corrected chi connectivity index (χ1v) is 6.90. The van der Waals surface area contributed by atoms with Gasteiger partial charge in [-0.1, -0.05) is 6.08 Å². The van der Waals surface area contributed by atoms with Crippen LogP contribution in [0, 0.1) is 0 Å². The lowest BCUT2D eigenvalue weighted by atomic mass is 10.1. The molecule has 1 aromatic carbocycles. The lowest BCUT2D eigenvalue weighted by molar-refractivity contribution is -0.0944. The molecule has 0 amide bonds. The lowest BCUT2D eigenvalue weighted by Gasteiger charge is -2.29. The van der Waals surface area contributed by atoms with E-state index < -0.39 is 11.7 Å². The van der Waals surface area contributed by atoms with Crippen LogP contribution in [-0.2, 0) is 0 Å². The predicted molar refractivity (Wildman–Crippen MR) is 75.1 cm³/mol. The van der Waals surface area contributed by atoms with Crippen molar-refractivity contribution in [1.29, 1.82) is 0 Å². The number of nitrogens with zero attached hydrogens (tertiary/aromatic N) is 1. The zero-order chi connectivity index (χ0) is 14.9. The lowest BCUT2D eigenvalue weighted by Crippen LogP contribution is -2.31. The highest BCUT2D eigenvalue weighted by atomic mass is 79.9. The van der Waals surface area contributed by atoms with Crippen LogP contribution in [0.4, 0.5) is 18.9 Å². The third kappa shape index (κ3) is 3.23. The van der Waals surface area contributed by atoms with Gasteiger partial charge in [0.15, 0.2) is 5.78 Å². The maximum Gasteiger partial charge on any atom is 0.412 e. The summed E-state index contributed by atoms with van der Waals surface area (Å²) in [6.45, 7) is 2.01. The van der Waals surface area contributed by atoms with E-state index >= 15 is 0 Å². The number of hydrogen-bond donors (Lipinski definition) is 0. The number of ketones is 1. The zero-order valence-electron chi connectivity index (χ0n) is 10.8. The van der Waals surface area contributed by atoms with Crippen LogP contribution in [0.3, 0.4) is 0 Å². The van der Waals surface area contributed by atoms with Crippen LogP contribution in [0.25, 0.3) is 0 Å².